The van der Waals surface area contributed by atoms with Crippen molar-refractivity contribution in [3.05, 3.63) is 0 Å². The van der Waals surface area contributed by atoms with Crippen LogP contribution in [0.5, 0.6) is 0 Å². The average molecular weight is 410 g/mol. The minimum atomic E-state index is 0. The molecule has 1 fully saturated rings. The molecule has 1 unspecified atom stereocenters. The van der Waals surface area contributed by atoms with E-state index in [1.54, 1.807) is 0 Å². The first-order chi connectivity index (χ1) is 9.58. The first kappa shape index (κ1) is 21.0. The lowest BCUT2D eigenvalue weighted by atomic mass is 10.0. The van der Waals surface area contributed by atoms with Crippen molar-refractivity contribution in [2.45, 2.75) is 65.3 Å². The van der Waals surface area contributed by atoms with Gasteiger partial charge in [-0.3, -0.25) is 4.99 Å². The molecule has 0 saturated carbocycles. The van der Waals surface area contributed by atoms with Crippen LogP contribution in [0.25, 0.3) is 0 Å². The summed E-state index contributed by atoms with van der Waals surface area (Å²) in [6.07, 6.45) is 7.56. The molecule has 0 aliphatic carbocycles. The van der Waals surface area contributed by atoms with E-state index >= 15 is 0 Å². The number of halogens is 1. The summed E-state index contributed by atoms with van der Waals surface area (Å²) in [7, 11) is 0. The van der Waals surface area contributed by atoms with E-state index in [0.29, 0.717) is 12.0 Å². The maximum absolute atomic E-state index is 5.93. The van der Waals surface area contributed by atoms with Gasteiger partial charge in [-0.2, -0.15) is 0 Å². The highest BCUT2D eigenvalue weighted by Gasteiger charge is 2.10. The van der Waals surface area contributed by atoms with Crippen molar-refractivity contribution in [1.82, 2.24) is 10.2 Å². The molecule has 21 heavy (non-hydrogen) atoms. The summed E-state index contributed by atoms with van der Waals surface area (Å²) in [6.45, 7) is 11.3. The van der Waals surface area contributed by atoms with Gasteiger partial charge < -0.3 is 16.0 Å². The minimum Gasteiger partial charge on any atom is -0.370 e. The lowest BCUT2D eigenvalue weighted by Gasteiger charge is -2.15. The van der Waals surface area contributed by atoms with Crippen molar-refractivity contribution in [1.29, 1.82) is 0 Å². The van der Waals surface area contributed by atoms with E-state index in [4.69, 9.17) is 5.73 Å². The van der Waals surface area contributed by atoms with Gasteiger partial charge >= 0.3 is 0 Å². The highest BCUT2D eigenvalue weighted by Crippen LogP contribution is 2.08. The summed E-state index contributed by atoms with van der Waals surface area (Å²) in [5.74, 6) is 1.40. The van der Waals surface area contributed by atoms with Crippen LogP contribution in [0.1, 0.15) is 59.3 Å². The zero-order valence-corrected chi connectivity index (χ0v) is 16.4. The van der Waals surface area contributed by atoms with Crippen LogP contribution >= 0.6 is 24.0 Å². The molecular weight excluding hydrogens is 375 g/mol. The van der Waals surface area contributed by atoms with E-state index < -0.39 is 0 Å². The number of likely N-dealkylation sites (tertiary alicyclic amines) is 1. The van der Waals surface area contributed by atoms with E-state index in [-0.39, 0.29) is 24.0 Å². The molecule has 0 bridgehead atoms. The van der Waals surface area contributed by atoms with Crippen molar-refractivity contribution in [3.63, 3.8) is 0 Å². The van der Waals surface area contributed by atoms with E-state index in [1.165, 1.54) is 51.7 Å². The number of hydrogen-bond donors (Lipinski definition) is 2. The third kappa shape index (κ3) is 11.2. The largest absolute Gasteiger partial charge is 0.370 e. The van der Waals surface area contributed by atoms with Crippen LogP contribution in [0, 0.1) is 5.92 Å². The summed E-state index contributed by atoms with van der Waals surface area (Å²) in [5, 5.41) is 3.30. The molecule has 0 aromatic rings. The second-order valence-electron chi connectivity index (χ2n) is 6.54. The normalized spacial score (nSPS) is 17.8. The molecule has 3 N–H and O–H groups in total. The zero-order valence-electron chi connectivity index (χ0n) is 14.1. The van der Waals surface area contributed by atoms with Gasteiger partial charge in [0, 0.05) is 12.6 Å². The standard InChI is InChI=1S/C16H34N4.HI/c1-14(2)8-6-9-15(3)19-16(17)18-10-7-13-20-11-4-5-12-20;/h14-15H,4-13H2,1-3H3,(H3,17,18,19);1H. The second kappa shape index (κ2) is 12.5. The number of nitrogens with zero attached hydrogens (tertiary/aromatic N) is 2. The third-order valence-corrected chi connectivity index (χ3v) is 3.93. The Morgan fingerprint density at radius 1 is 1.14 bits per heavy atom. The molecule has 0 amide bonds. The van der Waals surface area contributed by atoms with Crippen LogP contribution in [-0.2, 0) is 0 Å². The Hall–Kier alpha value is -0.0400. The maximum atomic E-state index is 5.93. The molecule has 126 valence electrons. The molecule has 1 aliphatic heterocycles. The molecule has 0 spiro atoms. The fourth-order valence-corrected chi connectivity index (χ4v) is 2.70. The Morgan fingerprint density at radius 3 is 2.43 bits per heavy atom. The average Bonchev–Trinajstić information content (AvgIpc) is 2.87. The van der Waals surface area contributed by atoms with Crippen molar-refractivity contribution in [2.24, 2.45) is 16.6 Å². The highest BCUT2D eigenvalue weighted by atomic mass is 127. The summed E-state index contributed by atoms with van der Waals surface area (Å²) in [6, 6.07) is 0.427. The van der Waals surface area contributed by atoms with E-state index in [0.717, 1.165) is 18.9 Å². The van der Waals surface area contributed by atoms with Crippen LogP contribution in [-0.4, -0.2) is 43.1 Å². The molecule has 0 radical (unpaired) electrons. The number of guanidine groups is 1. The first-order valence-corrected chi connectivity index (χ1v) is 8.36. The van der Waals surface area contributed by atoms with Gasteiger partial charge in [-0.25, -0.2) is 0 Å². The van der Waals surface area contributed by atoms with Gasteiger partial charge in [0.25, 0.3) is 0 Å². The molecular formula is C16H35IN4. The van der Waals surface area contributed by atoms with Gasteiger partial charge in [0.05, 0.1) is 0 Å². The number of hydrogen-bond acceptors (Lipinski definition) is 2. The van der Waals surface area contributed by atoms with Crippen molar-refractivity contribution in [3.8, 4) is 0 Å². The lowest BCUT2D eigenvalue weighted by Crippen LogP contribution is -2.38. The number of rotatable bonds is 9. The van der Waals surface area contributed by atoms with Gasteiger partial charge in [-0.05, 0) is 58.2 Å². The van der Waals surface area contributed by atoms with Crippen molar-refractivity contribution >= 4 is 29.9 Å². The fraction of sp³-hybridized carbons (Fsp3) is 0.938. The summed E-state index contributed by atoms with van der Waals surface area (Å²) in [5.41, 5.74) is 5.93. The highest BCUT2D eigenvalue weighted by molar-refractivity contribution is 14.0. The molecule has 5 heteroatoms. The summed E-state index contributed by atoms with van der Waals surface area (Å²) < 4.78 is 0. The summed E-state index contributed by atoms with van der Waals surface area (Å²) in [4.78, 5) is 6.95. The van der Waals surface area contributed by atoms with Crippen LogP contribution < -0.4 is 11.1 Å². The van der Waals surface area contributed by atoms with E-state index in [1.807, 2.05) is 0 Å². The van der Waals surface area contributed by atoms with Crippen LogP contribution in [0.4, 0.5) is 0 Å². The Bertz CT molecular complexity index is 275. The molecule has 4 nitrogen and oxygen atoms in total. The van der Waals surface area contributed by atoms with Gasteiger partial charge in [-0.1, -0.05) is 26.7 Å². The zero-order chi connectivity index (χ0) is 14.8. The predicted octanol–water partition coefficient (Wildman–Crippen LogP) is 3.21. The first-order valence-electron chi connectivity index (χ1n) is 8.36. The van der Waals surface area contributed by atoms with Gasteiger partial charge in [0.15, 0.2) is 5.96 Å². The molecule has 1 saturated heterocycles. The lowest BCUT2D eigenvalue weighted by molar-refractivity contribution is 0.336. The Balaban J connectivity index is 0.00000400. The number of aliphatic imine (C=N–C) groups is 1. The van der Waals surface area contributed by atoms with Gasteiger partial charge in [0.1, 0.15) is 0 Å². The van der Waals surface area contributed by atoms with Crippen LogP contribution in [0.2, 0.25) is 0 Å². The SMILES string of the molecule is CC(C)CCCC(C)NC(N)=NCCCN1CCCC1.I. The van der Waals surface area contributed by atoms with Crippen LogP contribution in [0.3, 0.4) is 0 Å². The van der Waals surface area contributed by atoms with E-state index in [9.17, 15) is 0 Å². The monoisotopic (exact) mass is 410 g/mol. The Morgan fingerprint density at radius 2 is 1.81 bits per heavy atom. The molecule has 0 aromatic heterocycles. The quantitative estimate of drug-likeness (QED) is 0.266. The topological polar surface area (TPSA) is 53.6 Å². The fourth-order valence-electron chi connectivity index (χ4n) is 2.70. The second-order valence-corrected chi connectivity index (χ2v) is 6.54. The van der Waals surface area contributed by atoms with Crippen LogP contribution in [0.15, 0.2) is 4.99 Å². The predicted molar refractivity (Wildman–Crippen MR) is 103 cm³/mol. The molecule has 1 heterocycles. The minimum absolute atomic E-state index is 0. The molecule has 1 rings (SSSR count). The third-order valence-electron chi connectivity index (χ3n) is 3.93. The van der Waals surface area contributed by atoms with Gasteiger partial charge in [0.2, 0.25) is 0 Å². The molecule has 0 aromatic carbocycles. The summed E-state index contributed by atoms with van der Waals surface area (Å²) >= 11 is 0. The van der Waals surface area contributed by atoms with Crippen molar-refractivity contribution in [2.75, 3.05) is 26.2 Å². The molecule has 1 aliphatic rings. The Kier molecular flexibility index (Phi) is 12.5. The van der Waals surface area contributed by atoms with Crippen molar-refractivity contribution < 1.29 is 0 Å². The number of nitrogens with one attached hydrogen (secondary N) is 1. The Labute approximate surface area is 148 Å². The van der Waals surface area contributed by atoms with Gasteiger partial charge in [-0.15, -0.1) is 24.0 Å². The number of nitrogens with two attached hydrogens (primary N) is 1. The smallest absolute Gasteiger partial charge is 0.188 e. The molecule has 1 atom stereocenters. The van der Waals surface area contributed by atoms with E-state index in [2.05, 4.69) is 36.0 Å². The maximum Gasteiger partial charge on any atom is 0.188 e.